The second-order valence-corrected chi connectivity index (χ2v) is 4.10. The van der Waals surface area contributed by atoms with E-state index in [1.54, 1.807) is 19.1 Å². The van der Waals surface area contributed by atoms with Crippen LogP contribution in [0.15, 0.2) is 16.5 Å². The van der Waals surface area contributed by atoms with Crippen LogP contribution >= 0.6 is 0 Å². The van der Waals surface area contributed by atoms with E-state index in [9.17, 15) is 9.59 Å². The Morgan fingerprint density at radius 3 is 2.35 bits per heavy atom. The molecular formula is C13H19NO6. The van der Waals surface area contributed by atoms with E-state index in [4.69, 9.17) is 19.0 Å². The Bertz CT molecular complexity index is 442. The molecule has 1 aromatic rings. The number of hydrogen-bond donors (Lipinski definition) is 1. The monoisotopic (exact) mass is 285 g/mol. The van der Waals surface area contributed by atoms with Crippen LogP contribution in [0.3, 0.4) is 0 Å². The normalized spacial score (nSPS) is 10.5. The van der Waals surface area contributed by atoms with Crippen LogP contribution in [-0.4, -0.2) is 62.4 Å². The van der Waals surface area contributed by atoms with Crippen molar-refractivity contribution in [1.29, 1.82) is 0 Å². The molecule has 1 amide bonds. The van der Waals surface area contributed by atoms with Crippen LogP contribution in [-0.2, 0) is 9.47 Å². The van der Waals surface area contributed by atoms with Crippen LogP contribution in [0.2, 0.25) is 0 Å². The minimum Gasteiger partial charge on any atom is -0.475 e. The molecule has 0 atom stereocenters. The summed E-state index contributed by atoms with van der Waals surface area (Å²) in [4.78, 5) is 24.5. The first-order chi connectivity index (χ1) is 9.60. The lowest BCUT2D eigenvalue weighted by Crippen LogP contribution is -2.35. The summed E-state index contributed by atoms with van der Waals surface area (Å²) in [5.74, 6) is -1.80. The summed E-state index contributed by atoms with van der Waals surface area (Å²) in [5, 5.41) is 8.78. The molecule has 0 radical (unpaired) electrons. The second kappa shape index (κ2) is 8.34. The number of carboxylic acids is 1. The van der Waals surface area contributed by atoms with Gasteiger partial charge in [-0.25, -0.2) is 4.79 Å². The van der Waals surface area contributed by atoms with Crippen LogP contribution in [0.4, 0.5) is 0 Å². The van der Waals surface area contributed by atoms with Gasteiger partial charge in [-0.2, -0.15) is 0 Å². The van der Waals surface area contributed by atoms with Crippen molar-refractivity contribution in [1.82, 2.24) is 4.90 Å². The van der Waals surface area contributed by atoms with Crippen LogP contribution in [0.5, 0.6) is 0 Å². The topological polar surface area (TPSA) is 89.2 Å². The van der Waals surface area contributed by atoms with Gasteiger partial charge in [0.2, 0.25) is 5.76 Å². The van der Waals surface area contributed by atoms with Crippen molar-refractivity contribution in [3.8, 4) is 0 Å². The van der Waals surface area contributed by atoms with Gasteiger partial charge in [0.15, 0.2) is 5.76 Å². The van der Waals surface area contributed by atoms with Gasteiger partial charge in [-0.05, 0) is 18.6 Å². The zero-order chi connectivity index (χ0) is 15.0. The predicted molar refractivity (Wildman–Crippen MR) is 69.9 cm³/mol. The molecule has 0 aromatic carbocycles. The highest BCUT2D eigenvalue weighted by atomic mass is 16.5. The molecule has 7 heteroatoms. The molecule has 0 unspecified atom stereocenters. The van der Waals surface area contributed by atoms with E-state index in [2.05, 4.69) is 0 Å². The molecule has 0 saturated heterocycles. The van der Waals surface area contributed by atoms with Crippen molar-refractivity contribution < 1.29 is 28.6 Å². The number of aromatic carboxylic acids is 1. The van der Waals surface area contributed by atoms with Crippen molar-refractivity contribution in [2.24, 2.45) is 0 Å². The Kier molecular flexibility index (Phi) is 6.75. The average molecular weight is 285 g/mol. The molecule has 112 valence electrons. The summed E-state index contributed by atoms with van der Waals surface area (Å²) in [6, 6.07) is 2.63. The maximum absolute atomic E-state index is 12.2. The fourth-order valence-corrected chi connectivity index (χ4v) is 1.64. The molecule has 1 N–H and O–H groups in total. The fraction of sp³-hybridized carbons (Fsp3) is 0.538. The molecule has 0 fully saturated rings. The number of ether oxygens (including phenoxy) is 2. The zero-order valence-electron chi connectivity index (χ0n) is 11.6. The highest BCUT2D eigenvalue weighted by Crippen LogP contribution is 2.11. The van der Waals surface area contributed by atoms with E-state index in [-0.39, 0.29) is 17.4 Å². The lowest BCUT2D eigenvalue weighted by Gasteiger charge is -2.21. The van der Waals surface area contributed by atoms with Crippen LogP contribution < -0.4 is 0 Å². The molecular weight excluding hydrogens is 266 g/mol. The number of rotatable bonds is 9. The van der Waals surface area contributed by atoms with E-state index in [1.165, 1.54) is 12.1 Å². The predicted octanol–water partition coefficient (Wildman–Crippen LogP) is 1.10. The first-order valence-electron chi connectivity index (χ1n) is 6.20. The van der Waals surface area contributed by atoms with Crippen LogP contribution in [0.1, 0.15) is 27.5 Å². The largest absolute Gasteiger partial charge is 0.475 e. The molecule has 0 spiro atoms. The molecule has 20 heavy (non-hydrogen) atoms. The maximum atomic E-state index is 12.2. The van der Waals surface area contributed by atoms with E-state index >= 15 is 0 Å². The van der Waals surface area contributed by atoms with Gasteiger partial charge in [-0.1, -0.05) is 0 Å². The van der Waals surface area contributed by atoms with Gasteiger partial charge in [0.25, 0.3) is 5.91 Å². The van der Waals surface area contributed by atoms with E-state index in [1.807, 2.05) is 0 Å². The van der Waals surface area contributed by atoms with Gasteiger partial charge >= 0.3 is 5.97 Å². The van der Waals surface area contributed by atoms with Crippen molar-refractivity contribution in [3.63, 3.8) is 0 Å². The minimum atomic E-state index is -1.20. The first-order valence-corrected chi connectivity index (χ1v) is 6.20. The fourth-order valence-electron chi connectivity index (χ4n) is 1.64. The number of carbonyl (C=O) groups is 2. The van der Waals surface area contributed by atoms with Gasteiger partial charge in [0.05, 0.1) is 6.61 Å². The SMILES string of the molecule is COCCCN(CCOC)C(=O)c1ccc(C(=O)O)o1. The minimum absolute atomic E-state index is 0.0101. The van der Waals surface area contributed by atoms with Crippen molar-refractivity contribution in [2.45, 2.75) is 6.42 Å². The third-order valence-electron chi connectivity index (χ3n) is 2.66. The smallest absolute Gasteiger partial charge is 0.371 e. The molecule has 7 nitrogen and oxygen atoms in total. The maximum Gasteiger partial charge on any atom is 0.371 e. The number of methoxy groups -OCH3 is 2. The van der Waals surface area contributed by atoms with Gasteiger partial charge in [-0.3, -0.25) is 4.79 Å². The zero-order valence-corrected chi connectivity index (χ0v) is 11.6. The average Bonchev–Trinajstić information content (AvgIpc) is 2.92. The molecule has 0 saturated carbocycles. The highest BCUT2D eigenvalue weighted by Gasteiger charge is 2.20. The Hall–Kier alpha value is -1.86. The molecule has 1 aromatic heterocycles. The summed E-state index contributed by atoms with van der Waals surface area (Å²) < 4.78 is 14.9. The van der Waals surface area contributed by atoms with Crippen molar-refractivity contribution in [2.75, 3.05) is 40.5 Å². The number of hydrogen-bond acceptors (Lipinski definition) is 5. The Morgan fingerprint density at radius 2 is 1.80 bits per heavy atom. The lowest BCUT2D eigenvalue weighted by atomic mass is 10.3. The molecule has 0 aliphatic carbocycles. The molecule has 1 heterocycles. The van der Waals surface area contributed by atoms with E-state index in [0.717, 1.165) is 0 Å². The van der Waals surface area contributed by atoms with Crippen LogP contribution in [0, 0.1) is 0 Å². The van der Waals surface area contributed by atoms with Crippen molar-refractivity contribution in [3.05, 3.63) is 23.7 Å². The van der Waals surface area contributed by atoms with E-state index < -0.39 is 5.97 Å². The van der Waals surface area contributed by atoms with Crippen LogP contribution in [0.25, 0.3) is 0 Å². The van der Waals surface area contributed by atoms with Gasteiger partial charge < -0.3 is 23.9 Å². The summed E-state index contributed by atoms with van der Waals surface area (Å²) in [6.07, 6.45) is 0.679. The Morgan fingerprint density at radius 1 is 1.15 bits per heavy atom. The molecule has 0 bridgehead atoms. The molecule has 1 rings (SSSR count). The number of amides is 1. The van der Waals surface area contributed by atoms with Crippen molar-refractivity contribution >= 4 is 11.9 Å². The Balaban J connectivity index is 2.71. The van der Waals surface area contributed by atoms with E-state index in [0.29, 0.717) is 32.7 Å². The van der Waals surface area contributed by atoms with Gasteiger partial charge in [0.1, 0.15) is 0 Å². The summed E-state index contributed by atoms with van der Waals surface area (Å²) in [5.41, 5.74) is 0. The molecule has 0 aliphatic heterocycles. The third-order valence-corrected chi connectivity index (χ3v) is 2.66. The van der Waals surface area contributed by atoms with Gasteiger partial charge in [0, 0.05) is 33.9 Å². The number of carbonyl (C=O) groups excluding carboxylic acids is 1. The number of nitrogens with zero attached hydrogens (tertiary/aromatic N) is 1. The standard InChI is InChI=1S/C13H19NO6/c1-18-8-3-6-14(7-9-19-2)12(15)10-4-5-11(20-10)13(16)17/h4-5H,3,6-9H2,1-2H3,(H,16,17). The number of furan rings is 1. The molecule has 0 aliphatic rings. The lowest BCUT2D eigenvalue weighted by molar-refractivity contribution is 0.0621. The Labute approximate surface area is 117 Å². The quantitative estimate of drug-likeness (QED) is 0.683. The summed E-state index contributed by atoms with van der Waals surface area (Å²) in [6.45, 7) is 1.82. The third kappa shape index (κ3) is 4.67. The first kappa shape index (κ1) is 16.2. The second-order valence-electron chi connectivity index (χ2n) is 4.10. The summed E-state index contributed by atoms with van der Waals surface area (Å²) >= 11 is 0. The summed E-state index contributed by atoms with van der Waals surface area (Å²) in [7, 11) is 3.14. The highest BCUT2D eigenvalue weighted by molar-refractivity contribution is 5.93. The number of carboxylic acid groups (broad SMARTS) is 1. The van der Waals surface area contributed by atoms with Gasteiger partial charge in [-0.15, -0.1) is 0 Å².